The van der Waals surface area contributed by atoms with Crippen LogP contribution in [0.1, 0.15) is 48.7 Å². The maximum atomic E-state index is 12.8. The molecule has 6 nitrogen and oxygen atoms in total. The van der Waals surface area contributed by atoms with E-state index in [9.17, 15) is 4.79 Å². The van der Waals surface area contributed by atoms with E-state index in [1.807, 2.05) is 30.7 Å². The topological polar surface area (TPSA) is 68.2 Å². The number of nitrogens with zero attached hydrogens (tertiary/aromatic N) is 2. The van der Waals surface area contributed by atoms with Crippen molar-refractivity contribution >= 4 is 17.3 Å². The van der Waals surface area contributed by atoms with Crippen LogP contribution in [0, 0.1) is 0 Å². The Morgan fingerprint density at radius 3 is 3.07 bits per heavy atom. The van der Waals surface area contributed by atoms with Crippen molar-refractivity contribution in [1.29, 1.82) is 0 Å². The van der Waals surface area contributed by atoms with Crippen molar-refractivity contribution in [1.82, 2.24) is 9.55 Å². The second-order valence-corrected chi connectivity index (χ2v) is 9.55. The van der Waals surface area contributed by atoms with Crippen LogP contribution >= 0.6 is 0 Å². The van der Waals surface area contributed by atoms with Crippen molar-refractivity contribution in [3.8, 4) is 0 Å². The molecule has 0 spiro atoms. The number of imidazole rings is 1. The fourth-order valence-corrected chi connectivity index (χ4v) is 6.39. The first-order valence-corrected chi connectivity index (χ1v) is 11.9. The van der Waals surface area contributed by atoms with Crippen LogP contribution in [-0.4, -0.2) is 26.6 Å². The summed E-state index contributed by atoms with van der Waals surface area (Å²) in [5.41, 5.74) is 5.05. The molecule has 2 aliphatic rings. The summed E-state index contributed by atoms with van der Waals surface area (Å²) in [5.74, 6) is -0.0297. The molecule has 0 saturated carbocycles. The van der Waals surface area contributed by atoms with Gasteiger partial charge >= 0.3 is 170 Å². The Hall–Kier alpha value is -2.03. The predicted molar refractivity (Wildman–Crippen MR) is 101 cm³/mol. The second-order valence-electron chi connectivity index (χ2n) is 6.73. The van der Waals surface area contributed by atoms with E-state index in [4.69, 9.17) is 4.74 Å². The van der Waals surface area contributed by atoms with Crippen LogP contribution in [0.3, 0.4) is 0 Å². The number of nitrogens with one attached hydrogen (secondary N) is 2. The van der Waals surface area contributed by atoms with Crippen molar-refractivity contribution in [3.63, 3.8) is 0 Å². The van der Waals surface area contributed by atoms with Gasteiger partial charge in [0.25, 0.3) is 0 Å². The van der Waals surface area contributed by atoms with Crippen LogP contribution in [-0.2, 0) is 11.3 Å². The fraction of sp³-hybridized carbons (Fsp3) is 0.400. The van der Waals surface area contributed by atoms with Gasteiger partial charge in [0.15, 0.2) is 0 Å². The molecule has 3 heterocycles. The Balaban J connectivity index is 1.59. The molecule has 0 aliphatic carbocycles. The number of benzene rings is 1. The maximum absolute atomic E-state index is 12.8. The summed E-state index contributed by atoms with van der Waals surface area (Å²) in [4.78, 5) is 17.1. The van der Waals surface area contributed by atoms with E-state index in [1.165, 1.54) is 22.1 Å². The van der Waals surface area contributed by atoms with E-state index in [0.29, 0.717) is 12.2 Å². The fourth-order valence-electron chi connectivity index (χ4n) is 3.55. The number of carbonyl (C=O) groups is 1. The minimum atomic E-state index is -0.269. The first kappa shape index (κ1) is 18.3. The molecule has 1 atom stereocenters. The molecule has 27 heavy (non-hydrogen) atoms. The molecular formula is C20H24IN4O2-. The number of ether oxygens (including phenoxy) is 1. The van der Waals surface area contributed by atoms with E-state index in [1.54, 1.807) is 0 Å². The van der Waals surface area contributed by atoms with Crippen LogP contribution in [0.25, 0.3) is 0 Å². The van der Waals surface area contributed by atoms with E-state index in [0.717, 1.165) is 28.1 Å². The zero-order valence-corrected chi connectivity index (χ0v) is 17.7. The van der Waals surface area contributed by atoms with Gasteiger partial charge in [0.2, 0.25) is 0 Å². The molecule has 0 bridgehead atoms. The Morgan fingerprint density at radius 1 is 1.37 bits per heavy atom. The van der Waals surface area contributed by atoms with Crippen LogP contribution in [0.2, 0.25) is 0 Å². The molecule has 2 aliphatic heterocycles. The van der Waals surface area contributed by atoms with Crippen molar-refractivity contribution in [2.24, 2.45) is 0 Å². The van der Waals surface area contributed by atoms with E-state index in [2.05, 4.69) is 34.0 Å². The van der Waals surface area contributed by atoms with Gasteiger partial charge in [0.1, 0.15) is 0 Å². The predicted octanol–water partition coefficient (Wildman–Crippen LogP) is 0.753. The third-order valence-electron chi connectivity index (χ3n) is 5.09. The number of alkyl halides is 1. The Bertz CT molecular complexity index is 890. The summed E-state index contributed by atoms with van der Waals surface area (Å²) in [6.07, 6.45) is 5.99. The number of allylic oxidation sites excluding steroid dienone is 1. The number of esters is 1. The van der Waals surface area contributed by atoms with Crippen LogP contribution < -0.4 is 31.8 Å². The molecule has 0 fully saturated rings. The van der Waals surface area contributed by atoms with Gasteiger partial charge in [-0.3, -0.25) is 0 Å². The molecule has 1 unspecified atom stereocenters. The van der Waals surface area contributed by atoms with Gasteiger partial charge in [-0.1, -0.05) is 0 Å². The second kappa shape index (κ2) is 7.92. The van der Waals surface area contributed by atoms with E-state index < -0.39 is 0 Å². The molecular weight excluding hydrogens is 455 g/mol. The van der Waals surface area contributed by atoms with Gasteiger partial charge in [-0.2, -0.15) is 0 Å². The number of fused-ring (bicyclic) bond motifs is 1. The number of halogens is 1. The Morgan fingerprint density at radius 2 is 2.22 bits per heavy atom. The van der Waals surface area contributed by atoms with Gasteiger partial charge in [0, 0.05) is 0 Å². The Kier molecular flexibility index (Phi) is 5.38. The summed E-state index contributed by atoms with van der Waals surface area (Å²) >= 11 is -0.269. The van der Waals surface area contributed by atoms with E-state index >= 15 is 0 Å². The van der Waals surface area contributed by atoms with Gasteiger partial charge in [0.05, 0.1) is 0 Å². The van der Waals surface area contributed by atoms with Gasteiger partial charge in [-0.15, -0.1) is 0 Å². The monoisotopic (exact) mass is 479 g/mol. The molecule has 2 N–H and O–H groups in total. The molecule has 1 aromatic carbocycles. The number of aryl methyl sites for hydroxylation is 1. The SMILES string of the molecule is CCn1cncc1C(C)C1=C(OC(=O)c2ccc3c(c2)NCN3)[I-]CCC1. The molecule has 0 amide bonds. The first-order chi connectivity index (χ1) is 13.2. The Labute approximate surface area is 169 Å². The van der Waals surface area contributed by atoms with E-state index in [-0.39, 0.29) is 33.1 Å². The molecule has 2 aromatic rings. The quantitative estimate of drug-likeness (QED) is 0.377. The third kappa shape index (κ3) is 3.69. The number of rotatable bonds is 5. The summed E-state index contributed by atoms with van der Waals surface area (Å²) in [5, 5.41) is 6.44. The average molecular weight is 479 g/mol. The summed E-state index contributed by atoms with van der Waals surface area (Å²) in [6.45, 7) is 5.91. The van der Waals surface area contributed by atoms with Crippen LogP contribution in [0.5, 0.6) is 0 Å². The molecule has 4 rings (SSSR count). The van der Waals surface area contributed by atoms with Gasteiger partial charge in [-0.25, -0.2) is 0 Å². The third-order valence-corrected chi connectivity index (χ3v) is 8.00. The molecule has 1 aromatic heterocycles. The van der Waals surface area contributed by atoms with Crippen LogP contribution in [0.15, 0.2) is 40.1 Å². The molecule has 0 saturated heterocycles. The number of anilines is 2. The number of hydrogen-bond acceptors (Lipinski definition) is 5. The van der Waals surface area contributed by atoms with Crippen molar-refractivity contribution in [3.05, 3.63) is 51.3 Å². The zero-order chi connectivity index (χ0) is 18.8. The molecule has 144 valence electrons. The summed E-state index contributed by atoms with van der Waals surface area (Å²) < 4.78 is 10.2. The van der Waals surface area contributed by atoms with Crippen molar-refractivity contribution in [2.75, 3.05) is 21.7 Å². The molecule has 7 heteroatoms. The van der Waals surface area contributed by atoms with Crippen molar-refractivity contribution < 1.29 is 30.7 Å². The van der Waals surface area contributed by atoms with Crippen molar-refractivity contribution in [2.45, 2.75) is 39.2 Å². The number of aromatic nitrogens is 2. The van der Waals surface area contributed by atoms with Crippen LogP contribution in [0.4, 0.5) is 11.4 Å². The zero-order valence-electron chi connectivity index (χ0n) is 15.6. The minimum absolute atomic E-state index is 0.223. The number of hydrogen-bond donors (Lipinski definition) is 2. The first-order valence-electron chi connectivity index (χ1n) is 9.33. The summed E-state index contributed by atoms with van der Waals surface area (Å²) in [6, 6.07) is 5.63. The summed E-state index contributed by atoms with van der Waals surface area (Å²) in [7, 11) is 0. The average Bonchev–Trinajstić information content (AvgIpc) is 3.36. The number of carbonyl (C=O) groups excluding carboxylic acids is 1. The molecule has 0 radical (unpaired) electrons. The standard InChI is InChI=1S/C20H24IN4O2/c1-3-25-12-22-10-18(25)13(2)15-5-4-8-21-19(15)27-20(26)14-6-7-16-17(9-14)24-11-23-16/h6-7,9-10,12-13,23-24H,3-5,8,11H2,1-2H3/q-1. The normalized spacial score (nSPS) is 17.4. The van der Waals surface area contributed by atoms with Gasteiger partial charge in [-0.05, 0) is 0 Å². The van der Waals surface area contributed by atoms with Gasteiger partial charge < -0.3 is 0 Å².